The van der Waals surface area contributed by atoms with Crippen LogP contribution in [0, 0.1) is 12.8 Å². The Kier molecular flexibility index (Phi) is 4.56. The molecule has 0 heterocycles. The fourth-order valence-corrected chi connectivity index (χ4v) is 2.31. The molecule has 0 saturated carbocycles. The lowest BCUT2D eigenvalue weighted by Crippen LogP contribution is -2.16. The van der Waals surface area contributed by atoms with E-state index >= 15 is 0 Å². The summed E-state index contributed by atoms with van der Waals surface area (Å²) < 4.78 is 4.68. The van der Waals surface area contributed by atoms with Crippen LogP contribution in [0.1, 0.15) is 35.2 Å². The van der Waals surface area contributed by atoms with Crippen molar-refractivity contribution < 1.29 is 14.3 Å². The number of ether oxygens (including phenoxy) is 1. The Bertz CT molecular complexity index is 549. The van der Waals surface area contributed by atoms with Gasteiger partial charge >= 0.3 is 5.97 Å². The molecule has 1 aliphatic carbocycles. The van der Waals surface area contributed by atoms with Gasteiger partial charge in [-0.25, -0.2) is 4.79 Å². The predicted octanol–water partition coefficient (Wildman–Crippen LogP) is 3.08. The van der Waals surface area contributed by atoms with E-state index in [9.17, 15) is 9.59 Å². The van der Waals surface area contributed by atoms with E-state index in [1.54, 1.807) is 18.2 Å². The van der Waals surface area contributed by atoms with Crippen LogP contribution in [0.2, 0.25) is 0 Å². The zero-order valence-corrected chi connectivity index (χ0v) is 11.8. The third-order valence-corrected chi connectivity index (χ3v) is 3.49. The lowest BCUT2D eigenvalue weighted by Gasteiger charge is -2.12. The minimum atomic E-state index is -0.403. The molecule has 0 aliphatic heterocycles. The van der Waals surface area contributed by atoms with Crippen LogP contribution in [0.25, 0.3) is 0 Å². The maximum atomic E-state index is 12.0. The molecule has 1 atom stereocenters. The van der Waals surface area contributed by atoms with Crippen LogP contribution in [0.4, 0.5) is 5.69 Å². The summed E-state index contributed by atoms with van der Waals surface area (Å²) in [6.07, 6.45) is 6.78. The van der Waals surface area contributed by atoms with Crippen molar-refractivity contribution >= 4 is 17.6 Å². The lowest BCUT2D eigenvalue weighted by atomic mass is 10.0. The van der Waals surface area contributed by atoms with E-state index in [4.69, 9.17) is 0 Å². The first-order chi connectivity index (χ1) is 9.60. The van der Waals surface area contributed by atoms with Crippen molar-refractivity contribution in [3.05, 3.63) is 41.5 Å². The Morgan fingerprint density at radius 2 is 2.20 bits per heavy atom. The highest BCUT2D eigenvalue weighted by molar-refractivity contribution is 5.95. The number of nitrogens with one attached hydrogen (secondary N) is 1. The number of amides is 1. The molecule has 1 aromatic carbocycles. The molecule has 4 heteroatoms. The molecule has 20 heavy (non-hydrogen) atoms. The summed E-state index contributed by atoms with van der Waals surface area (Å²) in [6.45, 7) is 1.89. The molecule has 2 rings (SSSR count). The molecule has 1 aromatic rings. The summed E-state index contributed by atoms with van der Waals surface area (Å²) in [5, 5.41) is 2.88. The molecule has 0 bridgehead atoms. The number of carbonyl (C=O) groups is 2. The average molecular weight is 273 g/mol. The molecule has 0 fully saturated rings. The second kappa shape index (κ2) is 6.37. The summed E-state index contributed by atoms with van der Waals surface area (Å²) in [4.78, 5) is 23.5. The quantitative estimate of drug-likeness (QED) is 0.677. The first-order valence-electron chi connectivity index (χ1n) is 6.75. The first kappa shape index (κ1) is 14.3. The fraction of sp³-hybridized carbons (Fsp3) is 0.375. The highest BCUT2D eigenvalue weighted by atomic mass is 16.5. The zero-order chi connectivity index (χ0) is 14.5. The van der Waals surface area contributed by atoms with Crippen molar-refractivity contribution in [1.82, 2.24) is 0 Å². The Morgan fingerprint density at radius 3 is 2.85 bits per heavy atom. The average Bonchev–Trinajstić information content (AvgIpc) is 2.93. The van der Waals surface area contributed by atoms with Gasteiger partial charge in [0.05, 0.1) is 12.7 Å². The number of rotatable bonds is 4. The normalized spacial score (nSPS) is 17.0. The summed E-state index contributed by atoms with van der Waals surface area (Å²) in [5.74, 6) is -0.0926. The third kappa shape index (κ3) is 3.47. The molecule has 0 radical (unpaired) electrons. The zero-order valence-electron chi connectivity index (χ0n) is 11.8. The highest BCUT2D eigenvalue weighted by Gasteiger charge is 2.15. The van der Waals surface area contributed by atoms with E-state index in [1.165, 1.54) is 7.11 Å². The molecule has 0 unspecified atom stereocenters. The van der Waals surface area contributed by atoms with Gasteiger partial charge in [0.1, 0.15) is 0 Å². The molecular weight excluding hydrogens is 254 g/mol. The van der Waals surface area contributed by atoms with E-state index in [0.29, 0.717) is 23.6 Å². The Morgan fingerprint density at radius 1 is 1.40 bits per heavy atom. The molecule has 106 valence electrons. The monoisotopic (exact) mass is 273 g/mol. The maximum Gasteiger partial charge on any atom is 0.337 e. The number of esters is 1. The number of allylic oxidation sites excluding steroid dienone is 2. The second-order valence-corrected chi connectivity index (χ2v) is 5.04. The van der Waals surface area contributed by atoms with Crippen molar-refractivity contribution in [3.63, 3.8) is 0 Å². The molecule has 1 amide bonds. The molecule has 0 spiro atoms. The van der Waals surface area contributed by atoms with Crippen molar-refractivity contribution in [2.75, 3.05) is 12.4 Å². The smallest absolute Gasteiger partial charge is 0.337 e. The van der Waals surface area contributed by atoms with Gasteiger partial charge in [-0.1, -0.05) is 18.2 Å². The van der Waals surface area contributed by atoms with Gasteiger partial charge < -0.3 is 10.1 Å². The molecule has 0 aromatic heterocycles. The maximum absolute atomic E-state index is 12.0. The number of methoxy groups -OCH3 is 1. The third-order valence-electron chi connectivity index (χ3n) is 3.49. The predicted molar refractivity (Wildman–Crippen MR) is 77.6 cm³/mol. The Hall–Kier alpha value is -2.10. The van der Waals surface area contributed by atoms with Crippen molar-refractivity contribution in [2.45, 2.75) is 26.2 Å². The molecular formula is C16H19NO3. The number of hydrogen-bond acceptors (Lipinski definition) is 3. The van der Waals surface area contributed by atoms with E-state index < -0.39 is 5.97 Å². The standard InChI is InChI=1S/C16H19NO3/c1-11-7-8-13(16(19)20-2)10-14(11)17-15(18)9-12-5-3-4-6-12/h3,5,7-8,10,12H,4,6,9H2,1-2H3,(H,17,18)/t12-/m1/s1. The summed E-state index contributed by atoms with van der Waals surface area (Å²) in [5.41, 5.74) is 2.03. The van der Waals surface area contributed by atoms with Crippen LogP contribution >= 0.6 is 0 Å². The fourth-order valence-electron chi connectivity index (χ4n) is 2.31. The minimum Gasteiger partial charge on any atom is -0.465 e. The lowest BCUT2D eigenvalue weighted by molar-refractivity contribution is -0.116. The van der Waals surface area contributed by atoms with E-state index in [1.807, 2.05) is 6.92 Å². The number of carbonyl (C=O) groups excluding carboxylic acids is 2. The van der Waals surface area contributed by atoms with Gasteiger partial charge in [0.15, 0.2) is 0 Å². The van der Waals surface area contributed by atoms with Crippen LogP contribution < -0.4 is 5.32 Å². The van der Waals surface area contributed by atoms with Crippen molar-refractivity contribution in [3.8, 4) is 0 Å². The minimum absolute atomic E-state index is 0.0216. The van der Waals surface area contributed by atoms with Crippen LogP contribution in [0.5, 0.6) is 0 Å². The van der Waals surface area contributed by atoms with E-state index in [2.05, 4.69) is 22.2 Å². The molecule has 1 aliphatic rings. The molecule has 1 N–H and O–H groups in total. The van der Waals surface area contributed by atoms with Crippen LogP contribution in [-0.4, -0.2) is 19.0 Å². The van der Waals surface area contributed by atoms with Gasteiger partial charge in [0.25, 0.3) is 0 Å². The van der Waals surface area contributed by atoms with Crippen LogP contribution in [0.15, 0.2) is 30.4 Å². The number of aryl methyl sites for hydroxylation is 1. The van der Waals surface area contributed by atoms with Gasteiger partial charge in [0.2, 0.25) is 5.91 Å². The number of anilines is 1. The Labute approximate surface area is 118 Å². The Balaban J connectivity index is 2.05. The van der Waals surface area contributed by atoms with E-state index in [0.717, 1.165) is 18.4 Å². The van der Waals surface area contributed by atoms with Gasteiger partial charge in [-0.3, -0.25) is 4.79 Å². The van der Waals surface area contributed by atoms with Crippen LogP contribution in [-0.2, 0) is 9.53 Å². The van der Waals surface area contributed by atoms with Gasteiger partial charge in [-0.2, -0.15) is 0 Å². The van der Waals surface area contributed by atoms with E-state index in [-0.39, 0.29) is 5.91 Å². The first-order valence-corrected chi connectivity index (χ1v) is 6.75. The summed E-state index contributed by atoms with van der Waals surface area (Å²) >= 11 is 0. The van der Waals surface area contributed by atoms with Gasteiger partial charge in [0, 0.05) is 12.1 Å². The molecule has 0 saturated heterocycles. The van der Waals surface area contributed by atoms with Crippen molar-refractivity contribution in [1.29, 1.82) is 0 Å². The SMILES string of the molecule is COC(=O)c1ccc(C)c(NC(=O)C[C@@H]2C=CCC2)c1. The van der Waals surface area contributed by atoms with Gasteiger partial charge in [-0.15, -0.1) is 0 Å². The largest absolute Gasteiger partial charge is 0.465 e. The second-order valence-electron chi connectivity index (χ2n) is 5.04. The number of benzene rings is 1. The molecule has 4 nitrogen and oxygen atoms in total. The van der Waals surface area contributed by atoms with Crippen LogP contribution in [0.3, 0.4) is 0 Å². The highest BCUT2D eigenvalue weighted by Crippen LogP contribution is 2.22. The van der Waals surface area contributed by atoms with Crippen molar-refractivity contribution in [2.24, 2.45) is 5.92 Å². The number of hydrogen-bond donors (Lipinski definition) is 1. The topological polar surface area (TPSA) is 55.4 Å². The summed E-state index contributed by atoms with van der Waals surface area (Å²) in [6, 6.07) is 5.15. The van der Waals surface area contributed by atoms with Gasteiger partial charge in [-0.05, 0) is 43.4 Å². The summed E-state index contributed by atoms with van der Waals surface area (Å²) in [7, 11) is 1.34.